The smallest absolute Gasteiger partial charge is 0.0671 e. The Morgan fingerprint density at radius 1 is 1.10 bits per heavy atom. The van der Waals surface area contributed by atoms with E-state index in [4.69, 9.17) is 0 Å². The summed E-state index contributed by atoms with van der Waals surface area (Å²) in [5, 5.41) is 5.67. The van der Waals surface area contributed by atoms with Crippen molar-refractivity contribution in [1.82, 2.24) is 5.32 Å². The fourth-order valence-corrected chi connectivity index (χ4v) is 3.79. The normalized spacial score (nSPS) is 12.8. The third-order valence-corrected chi connectivity index (χ3v) is 4.69. The molecular weight excluding hydrogens is 262 g/mol. The Morgan fingerprint density at radius 2 is 1.80 bits per heavy atom. The molecule has 2 aromatic rings. The summed E-state index contributed by atoms with van der Waals surface area (Å²) < 4.78 is 0. The Balaban J connectivity index is 2.24. The Morgan fingerprint density at radius 3 is 2.35 bits per heavy atom. The van der Waals surface area contributed by atoms with Crippen LogP contribution in [-0.4, -0.2) is 7.05 Å². The molecule has 0 fully saturated rings. The van der Waals surface area contributed by atoms with E-state index < -0.39 is 0 Å². The van der Waals surface area contributed by atoms with E-state index in [1.807, 2.05) is 18.4 Å². The van der Waals surface area contributed by atoms with Gasteiger partial charge in [0.05, 0.1) is 6.04 Å². The summed E-state index contributed by atoms with van der Waals surface area (Å²) in [7, 11) is 2.05. The summed E-state index contributed by atoms with van der Waals surface area (Å²) in [5.41, 5.74) is 4.25. The maximum absolute atomic E-state index is 3.47. The maximum Gasteiger partial charge on any atom is 0.0671 e. The fourth-order valence-electron chi connectivity index (χ4n) is 2.66. The van der Waals surface area contributed by atoms with Crippen LogP contribution in [-0.2, 0) is 12.8 Å². The van der Waals surface area contributed by atoms with Gasteiger partial charge < -0.3 is 5.32 Å². The highest BCUT2D eigenvalue weighted by Crippen LogP contribution is 2.30. The highest BCUT2D eigenvalue weighted by Gasteiger charge is 2.16. The SMILES string of the molecule is CCc1ccsc1C(NC)c1ccc(CC(C)C)cc1. The molecule has 1 unspecified atom stereocenters. The van der Waals surface area contributed by atoms with Crippen LogP contribution in [0.3, 0.4) is 0 Å². The summed E-state index contributed by atoms with van der Waals surface area (Å²) in [6.07, 6.45) is 2.26. The molecule has 0 aliphatic rings. The van der Waals surface area contributed by atoms with Gasteiger partial charge in [-0.3, -0.25) is 0 Å². The number of rotatable bonds is 6. The third-order valence-electron chi connectivity index (χ3n) is 3.67. The van der Waals surface area contributed by atoms with Crippen LogP contribution >= 0.6 is 11.3 Å². The topological polar surface area (TPSA) is 12.0 Å². The Bertz CT molecular complexity index is 525. The lowest BCUT2D eigenvalue weighted by Gasteiger charge is -2.18. The van der Waals surface area contributed by atoms with Crippen molar-refractivity contribution in [3.8, 4) is 0 Å². The van der Waals surface area contributed by atoms with Crippen molar-refractivity contribution >= 4 is 11.3 Å². The van der Waals surface area contributed by atoms with Crippen LogP contribution < -0.4 is 5.32 Å². The Hall–Kier alpha value is -1.12. The zero-order chi connectivity index (χ0) is 14.5. The molecule has 1 N–H and O–H groups in total. The molecule has 2 rings (SSSR count). The molecule has 0 bridgehead atoms. The predicted octanol–water partition coefficient (Wildman–Crippen LogP) is 4.82. The van der Waals surface area contributed by atoms with Crippen LogP contribution in [0.5, 0.6) is 0 Å². The Labute approximate surface area is 127 Å². The second-order valence-corrected chi connectivity index (χ2v) is 6.67. The number of hydrogen-bond acceptors (Lipinski definition) is 2. The van der Waals surface area contributed by atoms with Gasteiger partial charge >= 0.3 is 0 Å². The van der Waals surface area contributed by atoms with Crippen LogP contribution in [0.4, 0.5) is 0 Å². The summed E-state index contributed by atoms with van der Waals surface area (Å²) >= 11 is 1.85. The van der Waals surface area contributed by atoms with Crippen LogP contribution in [0.2, 0.25) is 0 Å². The average Bonchev–Trinajstić information content (AvgIpc) is 2.89. The van der Waals surface area contributed by atoms with E-state index in [0.717, 1.165) is 12.8 Å². The van der Waals surface area contributed by atoms with E-state index in [1.54, 1.807) is 0 Å². The number of benzene rings is 1. The molecule has 0 saturated heterocycles. The minimum absolute atomic E-state index is 0.318. The quantitative estimate of drug-likeness (QED) is 0.803. The maximum atomic E-state index is 3.47. The van der Waals surface area contributed by atoms with Gasteiger partial charge in [-0.25, -0.2) is 0 Å². The molecule has 0 aliphatic heterocycles. The van der Waals surface area contributed by atoms with Crippen LogP contribution in [0.15, 0.2) is 35.7 Å². The lowest BCUT2D eigenvalue weighted by atomic mass is 9.97. The molecule has 20 heavy (non-hydrogen) atoms. The summed E-state index contributed by atoms with van der Waals surface area (Å²) in [4.78, 5) is 1.45. The largest absolute Gasteiger partial charge is 0.309 e. The molecule has 1 heterocycles. The third kappa shape index (κ3) is 3.50. The van der Waals surface area contributed by atoms with Gasteiger partial charge in [-0.05, 0) is 53.9 Å². The first-order valence-corrected chi connectivity index (χ1v) is 8.36. The molecule has 0 saturated carbocycles. The highest BCUT2D eigenvalue weighted by molar-refractivity contribution is 7.10. The molecule has 2 heteroatoms. The number of nitrogens with one attached hydrogen (secondary N) is 1. The molecule has 1 aromatic carbocycles. The standard InChI is InChI=1S/C18H25NS/c1-5-15-10-11-20-18(15)17(19-4)16-8-6-14(7-9-16)12-13(2)3/h6-11,13,17,19H,5,12H2,1-4H3. The summed E-state index contributed by atoms with van der Waals surface area (Å²) in [6, 6.07) is 11.7. The van der Waals surface area contributed by atoms with E-state index in [0.29, 0.717) is 12.0 Å². The number of aryl methyl sites for hydroxylation is 1. The summed E-state index contributed by atoms with van der Waals surface area (Å²) in [5.74, 6) is 0.713. The number of thiophene rings is 1. The van der Waals surface area contributed by atoms with Crippen LogP contribution in [0.1, 0.15) is 48.4 Å². The van der Waals surface area contributed by atoms with Gasteiger partial charge in [-0.2, -0.15) is 0 Å². The second kappa shape index (κ2) is 7.05. The Kier molecular flexibility index (Phi) is 5.38. The zero-order valence-electron chi connectivity index (χ0n) is 12.9. The number of hydrogen-bond donors (Lipinski definition) is 1. The average molecular weight is 287 g/mol. The lowest BCUT2D eigenvalue weighted by molar-refractivity contribution is 0.646. The molecule has 0 amide bonds. The van der Waals surface area contributed by atoms with Gasteiger partial charge in [0.2, 0.25) is 0 Å². The van der Waals surface area contributed by atoms with Gasteiger partial charge in [0.15, 0.2) is 0 Å². The minimum Gasteiger partial charge on any atom is -0.309 e. The van der Waals surface area contributed by atoms with E-state index in [1.165, 1.54) is 21.6 Å². The lowest BCUT2D eigenvalue weighted by Crippen LogP contribution is -2.17. The first-order valence-electron chi connectivity index (χ1n) is 7.48. The van der Waals surface area contributed by atoms with E-state index >= 15 is 0 Å². The highest BCUT2D eigenvalue weighted by atomic mass is 32.1. The van der Waals surface area contributed by atoms with Crippen molar-refractivity contribution in [1.29, 1.82) is 0 Å². The van der Waals surface area contributed by atoms with Crippen molar-refractivity contribution in [3.63, 3.8) is 0 Å². The fraction of sp³-hybridized carbons (Fsp3) is 0.444. The first-order chi connectivity index (χ1) is 9.65. The molecular formula is C18H25NS. The zero-order valence-corrected chi connectivity index (χ0v) is 13.8. The second-order valence-electron chi connectivity index (χ2n) is 5.72. The van der Waals surface area contributed by atoms with Crippen LogP contribution in [0.25, 0.3) is 0 Å². The molecule has 1 nitrogen and oxygen atoms in total. The monoisotopic (exact) mass is 287 g/mol. The van der Waals surface area contributed by atoms with E-state index in [9.17, 15) is 0 Å². The van der Waals surface area contributed by atoms with Crippen molar-refractivity contribution in [3.05, 3.63) is 57.3 Å². The minimum atomic E-state index is 0.318. The van der Waals surface area contributed by atoms with Crippen molar-refractivity contribution < 1.29 is 0 Å². The molecule has 0 spiro atoms. The molecule has 1 aromatic heterocycles. The van der Waals surface area contributed by atoms with Gasteiger partial charge in [0.1, 0.15) is 0 Å². The van der Waals surface area contributed by atoms with Gasteiger partial charge in [-0.15, -0.1) is 11.3 Å². The molecule has 0 aliphatic carbocycles. The van der Waals surface area contributed by atoms with Gasteiger partial charge in [0.25, 0.3) is 0 Å². The molecule has 1 atom stereocenters. The van der Waals surface area contributed by atoms with E-state index in [-0.39, 0.29) is 0 Å². The van der Waals surface area contributed by atoms with Gasteiger partial charge in [-0.1, -0.05) is 45.0 Å². The molecule has 108 valence electrons. The van der Waals surface area contributed by atoms with Gasteiger partial charge in [0, 0.05) is 4.88 Å². The van der Waals surface area contributed by atoms with E-state index in [2.05, 4.69) is 61.8 Å². The molecule has 0 radical (unpaired) electrons. The van der Waals surface area contributed by atoms with Crippen molar-refractivity contribution in [2.75, 3.05) is 7.05 Å². The first kappa shape index (κ1) is 15.3. The predicted molar refractivity (Wildman–Crippen MR) is 89.6 cm³/mol. The van der Waals surface area contributed by atoms with Crippen molar-refractivity contribution in [2.45, 2.75) is 39.7 Å². The summed E-state index contributed by atoms with van der Waals surface area (Å²) in [6.45, 7) is 6.76. The van der Waals surface area contributed by atoms with Crippen LogP contribution in [0, 0.1) is 5.92 Å². The van der Waals surface area contributed by atoms with Crippen molar-refractivity contribution in [2.24, 2.45) is 5.92 Å².